The molecule has 1 N–H and O–H groups in total. The lowest BCUT2D eigenvalue weighted by molar-refractivity contribution is 0.00534. The predicted molar refractivity (Wildman–Crippen MR) is 121 cm³/mol. The number of hydrogen-bond donors (Lipinski definition) is 1. The molecule has 3 aliphatic heterocycles. The molecule has 5 rings (SSSR count). The number of amides is 2. The van der Waals surface area contributed by atoms with Crippen LogP contribution in [0.4, 0.5) is 4.79 Å². The van der Waals surface area contributed by atoms with E-state index in [0.717, 1.165) is 44.5 Å². The van der Waals surface area contributed by atoms with Gasteiger partial charge in [0.15, 0.2) is 0 Å². The van der Waals surface area contributed by atoms with Crippen LogP contribution in [0.3, 0.4) is 0 Å². The van der Waals surface area contributed by atoms with Crippen molar-refractivity contribution < 1.29 is 4.79 Å². The van der Waals surface area contributed by atoms with Gasteiger partial charge in [0.2, 0.25) is 0 Å². The van der Waals surface area contributed by atoms with Crippen LogP contribution in [0.15, 0.2) is 54.6 Å². The fourth-order valence-electron chi connectivity index (χ4n) is 5.78. The van der Waals surface area contributed by atoms with Crippen molar-refractivity contribution in [1.82, 2.24) is 15.1 Å². The van der Waals surface area contributed by atoms with Crippen molar-refractivity contribution in [2.75, 3.05) is 25.5 Å². The summed E-state index contributed by atoms with van der Waals surface area (Å²) >= 11 is 6.23. The summed E-state index contributed by atoms with van der Waals surface area (Å²) in [5.74, 6) is 0.943. The molecule has 2 saturated heterocycles. The number of fused-ring (bicyclic) bond motifs is 4. The van der Waals surface area contributed by atoms with Crippen LogP contribution in [0.1, 0.15) is 48.0 Å². The number of alkyl halides is 1. The Hall–Kier alpha value is -2.04. The topological polar surface area (TPSA) is 35.6 Å². The molecular weight excluding hydrogens is 394 g/mol. The van der Waals surface area contributed by atoms with Gasteiger partial charge >= 0.3 is 6.03 Å². The molecule has 0 aliphatic carbocycles. The van der Waals surface area contributed by atoms with Crippen molar-refractivity contribution in [2.45, 2.75) is 43.8 Å². The van der Waals surface area contributed by atoms with Crippen molar-refractivity contribution in [3.8, 4) is 0 Å². The molecule has 0 aromatic heterocycles. The molecule has 4 atom stereocenters. The zero-order valence-corrected chi connectivity index (χ0v) is 18.1. The van der Waals surface area contributed by atoms with Gasteiger partial charge in [0.05, 0.1) is 6.04 Å². The van der Waals surface area contributed by atoms with E-state index < -0.39 is 0 Å². The lowest BCUT2D eigenvalue weighted by Crippen LogP contribution is -2.59. The van der Waals surface area contributed by atoms with Gasteiger partial charge in [-0.25, -0.2) is 4.79 Å². The Morgan fingerprint density at radius 2 is 1.90 bits per heavy atom. The summed E-state index contributed by atoms with van der Waals surface area (Å²) in [6.45, 7) is 3.08. The van der Waals surface area contributed by atoms with Gasteiger partial charge in [0.1, 0.15) is 0 Å². The summed E-state index contributed by atoms with van der Waals surface area (Å²) in [4.78, 5) is 18.1. The van der Waals surface area contributed by atoms with Crippen molar-refractivity contribution >= 4 is 17.6 Å². The highest BCUT2D eigenvalue weighted by atomic mass is 35.5. The maximum atomic E-state index is 13.3. The minimum Gasteiger partial charge on any atom is -0.330 e. The minimum absolute atomic E-state index is 0.0387. The summed E-state index contributed by atoms with van der Waals surface area (Å²) in [5.41, 5.74) is 4.01. The first-order valence-corrected chi connectivity index (χ1v) is 11.8. The smallest absolute Gasteiger partial charge is 0.318 e. The molecule has 2 aromatic rings. The van der Waals surface area contributed by atoms with E-state index >= 15 is 0 Å². The average Bonchev–Trinajstić information content (AvgIpc) is 2.81. The summed E-state index contributed by atoms with van der Waals surface area (Å²) in [7, 11) is 0. The maximum Gasteiger partial charge on any atom is 0.318 e. The zero-order valence-electron chi connectivity index (χ0n) is 17.3. The van der Waals surface area contributed by atoms with Gasteiger partial charge < -0.3 is 10.2 Å². The Morgan fingerprint density at radius 3 is 2.73 bits per heavy atom. The number of benzene rings is 2. The first kappa shape index (κ1) is 19.9. The molecular formula is C25H30ClN3O. The van der Waals surface area contributed by atoms with Crippen LogP contribution in [-0.4, -0.2) is 47.4 Å². The maximum absolute atomic E-state index is 13.3. The lowest BCUT2D eigenvalue weighted by Gasteiger charge is -2.52. The van der Waals surface area contributed by atoms with Gasteiger partial charge in [-0.3, -0.25) is 4.90 Å². The second-order valence-electron chi connectivity index (χ2n) is 8.93. The Kier molecular flexibility index (Phi) is 5.70. The number of piperidine rings is 2. The Balaban J connectivity index is 1.35. The van der Waals surface area contributed by atoms with Gasteiger partial charge in [0, 0.05) is 37.6 Å². The first-order chi connectivity index (χ1) is 14.7. The molecule has 3 aliphatic rings. The third-order valence-electron chi connectivity index (χ3n) is 7.29. The fourth-order valence-corrected chi connectivity index (χ4v) is 6.03. The van der Waals surface area contributed by atoms with Crippen LogP contribution in [-0.2, 0) is 6.42 Å². The second-order valence-corrected chi connectivity index (χ2v) is 9.23. The van der Waals surface area contributed by atoms with Gasteiger partial charge in [0.25, 0.3) is 0 Å². The molecule has 5 heteroatoms. The summed E-state index contributed by atoms with van der Waals surface area (Å²) in [6.07, 6.45) is 4.48. The Morgan fingerprint density at radius 1 is 1.10 bits per heavy atom. The molecule has 0 radical (unpaired) electrons. The van der Waals surface area contributed by atoms with E-state index in [1.807, 2.05) is 30.3 Å². The third kappa shape index (κ3) is 3.72. The van der Waals surface area contributed by atoms with Crippen molar-refractivity contribution in [2.24, 2.45) is 5.92 Å². The molecule has 30 heavy (non-hydrogen) atoms. The van der Waals surface area contributed by atoms with E-state index in [4.69, 9.17) is 11.6 Å². The number of rotatable bonds is 3. The van der Waals surface area contributed by atoms with Crippen LogP contribution in [0.25, 0.3) is 0 Å². The number of hydrogen-bond acceptors (Lipinski definition) is 2. The quantitative estimate of drug-likeness (QED) is 0.722. The molecule has 0 spiro atoms. The number of nitrogens with one attached hydrogen (secondary N) is 1. The van der Waals surface area contributed by atoms with Crippen molar-refractivity contribution in [3.05, 3.63) is 71.3 Å². The van der Waals surface area contributed by atoms with Gasteiger partial charge in [-0.1, -0.05) is 54.6 Å². The van der Waals surface area contributed by atoms with E-state index in [9.17, 15) is 4.79 Å². The van der Waals surface area contributed by atoms with E-state index in [-0.39, 0.29) is 12.1 Å². The Labute approximate surface area is 184 Å². The van der Waals surface area contributed by atoms with Gasteiger partial charge in [-0.2, -0.15) is 0 Å². The average molecular weight is 424 g/mol. The highest BCUT2D eigenvalue weighted by molar-refractivity contribution is 6.18. The standard InChI is InChI=1S/C25H30ClN3O/c26-16-22(19-8-2-1-3-9-19)27-25(30)29-13-6-10-20-17-28-14-12-18-7-4-5-11-21(18)24(28)15-23(20)29/h1-5,7-9,11,20,22-24H,6,10,12-17H2,(H,27,30)/t20-,22+,23+,24+/m1/s1. The van der Waals surface area contributed by atoms with Crippen LogP contribution >= 0.6 is 11.6 Å². The van der Waals surface area contributed by atoms with Crippen LogP contribution in [0.2, 0.25) is 0 Å². The van der Waals surface area contributed by atoms with E-state index in [1.54, 1.807) is 0 Å². The van der Waals surface area contributed by atoms with E-state index in [2.05, 4.69) is 39.4 Å². The van der Waals surface area contributed by atoms with Gasteiger partial charge in [-0.15, -0.1) is 11.6 Å². The lowest BCUT2D eigenvalue weighted by atomic mass is 9.77. The van der Waals surface area contributed by atoms with E-state index in [0.29, 0.717) is 23.9 Å². The molecule has 158 valence electrons. The fraction of sp³-hybridized carbons (Fsp3) is 0.480. The molecule has 4 nitrogen and oxygen atoms in total. The monoisotopic (exact) mass is 423 g/mol. The highest BCUT2D eigenvalue weighted by Crippen LogP contribution is 2.42. The number of nitrogens with zero attached hydrogens (tertiary/aromatic N) is 2. The minimum atomic E-state index is -0.156. The molecule has 2 fully saturated rings. The number of likely N-dealkylation sites (tertiary alicyclic amines) is 1. The summed E-state index contributed by atoms with van der Waals surface area (Å²) < 4.78 is 0. The number of carbonyl (C=O) groups is 1. The second kappa shape index (κ2) is 8.60. The van der Waals surface area contributed by atoms with E-state index in [1.165, 1.54) is 17.5 Å². The number of carbonyl (C=O) groups excluding carboxylic acids is 1. The first-order valence-electron chi connectivity index (χ1n) is 11.2. The number of halogens is 1. The van der Waals surface area contributed by atoms with Crippen LogP contribution in [0, 0.1) is 5.92 Å². The molecule has 3 heterocycles. The molecule has 0 bridgehead atoms. The molecule has 2 amide bonds. The van der Waals surface area contributed by atoms with Crippen molar-refractivity contribution in [1.29, 1.82) is 0 Å². The van der Waals surface area contributed by atoms with Crippen LogP contribution < -0.4 is 5.32 Å². The third-order valence-corrected chi connectivity index (χ3v) is 7.60. The van der Waals surface area contributed by atoms with Crippen molar-refractivity contribution in [3.63, 3.8) is 0 Å². The summed E-state index contributed by atoms with van der Waals surface area (Å²) in [6, 6.07) is 19.5. The highest BCUT2D eigenvalue weighted by Gasteiger charge is 2.44. The van der Waals surface area contributed by atoms with Crippen LogP contribution in [0.5, 0.6) is 0 Å². The Bertz CT molecular complexity index is 889. The molecule has 0 saturated carbocycles. The van der Waals surface area contributed by atoms with Gasteiger partial charge in [-0.05, 0) is 48.3 Å². The normalized spacial score (nSPS) is 26.8. The molecule has 0 unspecified atom stereocenters. The number of urea groups is 1. The predicted octanol–water partition coefficient (Wildman–Crippen LogP) is 4.76. The largest absolute Gasteiger partial charge is 0.330 e. The zero-order chi connectivity index (χ0) is 20.5. The molecule has 2 aromatic carbocycles. The SMILES string of the molecule is O=C(N[C@@H](CCl)c1ccccc1)N1CCC[C@@H]2CN3CCc4ccccc4[C@@H]3C[C@@H]21. The summed E-state index contributed by atoms with van der Waals surface area (Å²) in [5, 5.41) is 3.22.